The number of carbonyl (C=O) groups excluding carboxylic acids is 1. The van der Waals surface area contributed by atoms with Crippen LogP contribution < -0.4 is 11.1 Å². The summed E-state index contributed by atoms with van der Waals surface area (Å²) in [4.78, 5) is 22.1. The van der Waals surface area contributed by atoms with Crippen LogP contribution in [0.15, 0.2) is 22.7 Å². The Morgan fingerprint density at radius 2 is 2.17 bits per heavy atom. The number of carbonyl (C=O) groups is 2. The van der Waals surface area contributed by atoms with E-state index in [-0.39, 0.29) is 12.8 Å². The van der Waals surface area contributed by atoms with Gasteiger partial charge < -0.3 is 16.2 Å². The van der Waals surface area contributed by atoms with Crippen molar-refractivity contribution >= 4 is 45.1 Å². The van der Waals surface area contributed by atoms with E-state index in [1.807, 2.05) is 0 Å². The van der Waals surface area contributed by atoms with Crippen molar-refractivity contribution in [1.29, 1.82) is 0 Å². The first kappa shape index (κ1) is 14.9. The molecule has 1 aromatic carbocycles. The quantitative estimate of drug-likeness (QED) is 0.769. The molecule has 0 aromatic heterocycles. The summed E-state index contributed by atoms with van der Waals surface area (Å²) >= 11 is 9.11. The Morgan fingerprint density at radius 3 is 2.78 bits per heavy atom. The van der Waals surface area contributed by atoms with Crippen molar-refractivity contribution in [2.24, 2.45) is 5.73 Å². The van der Waals surface area contributed by atoms with E-state index >= 15 is 0 Å². The van der Waals surface area contributed by atoms with Gasteiger partial charge in [-0.25, -0.2) is 0 Å². The second-order valence-electron chi connectivity index (χ2n) is 3.63. The largest absolute Gasteiger partial charge is 0.481 e. The zero-order chi connectivity index (χ0) is 13.7. The number of hydrogen-bond acceptors (Lipinski definition) is 3. The molecule has 0 fully saturated rings. The van der Waals surface area contributed by atoms with Gasteiger partial charge in [-0.05, 0) is 34.5 Å². The Hall–Kier alpha value is -1.11. The van der Waals surface area contributed by atoms with E-state index in [4.69, 9.17) is 22.4 Å². The molecule has 0 aliphatic rings. The number of hydrogen-bond donors (Lipinski definition) is 3. The molecule has 1 atom stereocenters. The molecule has 5 nitrogen and oxygen atoms in total. The van der Waals surface area contributed by atoms with E-state index < -0.39 is 17.9 Å². The van der Waals surface area contributed by atoms with Crippen LogP contribution in [0.25, 0.3) is 0 Å². The van der Waals surface area contributed by atoms with Crippen molar-refractivity contribution in [3.63, 3.8) is 0 Å². The zero-order valence-electron chi connectivity index (χ0n) is 9.32. The first-order valence-corrected chi connectivity index (χ1v) is 6.31. The van der Waals surface area contributed by atoms with Gasteiger partial charge in [0.2, 0.25) is 5.91 Å². The third kappa shape index (κ3) is 4.29. The predicted molar refractivity (Wildman–Crippen MR) is 72.6 cm³/mol. The van der Waals surface area contributed by atoms with Gasteiger partial charge in [0, 0.05) is 6.42 Å². The lowest BCUT2D eigenvalue weighted by molar-refractivity contribution is -0.137. The second-order valence-corrected chi connectivity index (χ2v) is 4.83. The third-order valence-electron chi connectivity index (χ3n) is 2.22. The van der Waals surface area contributed by atoms with Crippen LogP contribution in [-0.4, -0.2) is 23.0 Å². The maximum absolute atomic E-state index is 11.7. The lowest BCUT2D eigenvalue weighted by atomic mass is 10.1. The first-order valence-electron chi connectivity index (χ1n) is 5.14. The van der Waals surface area contributed by atoms with Crippen molar-refractivity contribution in [3.8, 4) is 0 Å². The summed E-state index contributed by atoms with van der Waals surface area (Å²) < 4.78 is 0.561. The number of nitrogens with two attached hydrogens (primary N) is 1. The zero-order valence-corrected chi connectivity index (χ0v) is 11.7. The minimum atomic E-state index is -0.984. The molecule has 0 spiro atoms. The van der Waals surface area contributed by atoms with Crippen LogP contribution in [0, 0.1) is 0 Å². The van der Waals surface area contributed by atoms with Gasteiger partial charge in [-0.1, -0.05) is 17.7 Å². The molecule has 0 saturated carbocycles. The molecule has 1 rings (SSSR count). The number of nitrogens with one attached hydrogen (secondary N) is 1. The van der Waals surface area contributed by atoms with E-state index in [0.717, 1.165) is 0 Å². The smallest absolute Gasteiger partial charge is 0.303 e. The summed E-state index contributed by atoms with van der Waals surface area (Å²) in [7, 11) is 0. The highest BCUT2D eigenvalue weighted by Gasteiger charge is 2.16. The highest BCUT2D eigenvalue weighted by Crippen LogP contribution is 2.30. The van der Waals surface area contributed by atoms with Crippen LogP contribution in [0.4, 0.5) is 5.69 Å². The number of carboxylic acids is 1. The predicted octanol–water partition coefficient (Wildman–Crippen LogP) is 2.23. The summed E-state index contributed by atoms with van der Waals surface area (Å²) in [5.74, 6) is -1.43. The van der Waals surface area contributed by atoms with Crippen molar-refractivity contribution in [2.75, 3.05) is 5.32 Å². The highest BCUT2D eigenvalue weighted by molar-refractivity contribution is 9.10. The first-order chi connectivity index (χ1) is 8.41. The molecule has 0 saturated heterocycles. The molecule has 1 unspecified atom stereocenters. The number of anilines is 1. The number of halogens is 2. The fraction of sp³-hybridized carbons (Fsp3) is 0.273. The highest BCUT2D eigenvalue weighted by atomic mass is 79.9. The van der Waals surface area contributed by atoms with Gasteiger partial charge >= 0.3 is 5.97 Å². The van der Waals surface area contributed by atoms with Crippen molar-refractivity contribution < 1.29 is 14.7 Å². The van der Waals surface area contributed by atoms with Crippen molar-refractivity contribution in [3.05, 3.63) is 27.7 Å². The van der Waals surface area contributed by atoms with Crippen LogP contribution in [0.5, 0.6) is 0 Å². The number of aliphatic carboxylic acids is 1. The van der Waals surface area contributed by atoms with Gasteiger partial charge in [-0.3, -0.25) is 9.59 Å². The van der Waals surface area contributed by atoms with Crippen LogP contribution in [-0.2, 0) is 9.59 Å². The summed E-state index contributed by atoms with van der Waals surface area (Å²) in [5, 5.41) is 11.6. The molecule has 1 amide bonds. The maximum Gasteiger partial charge on any atom is 0.303 e. The summed E-state index contributed by atoms with van der Waals surface area (Å²) in [5.41, 5.74) is 6.08. The molecule has 4 N–H and O–H groups in total. The summed E-state index contributed by atoms with van der Waals surface area (Å²) in [6, 6.07) is 4.15. The van der Waals surface area contributed by atoms with Gasteiger partial charge in [0.1, 0.15) is 0 Å². The standard InChI is InChI=1S/C11H12BrClN2O3/c12-10-6(13)2-1-3-8(10)15-11(18)7(14)4-5-9(16)17/h1-3,7H,4-5,14H2,(H,15,18)(H,16,17). The molecule has 0 bridgehead atoms. The topological polar surface area (TPSA) is 92.4 Å². The Morgan fingerprint density at radius 1 is 1.50 bits per heavy atom. The van der Waals surface area contributed by atoms with Crippen molar-refractivity contribution in [1.82, 2.24) is 0 Å². The number of rotatable bonds is 5. The normalized spacial score (nSPS) is 11.9. The van der Waals surface area contributed by atoms with E-state index in [1.54, 1.807) is 18.2 Å². The average Bonchev–Trinajstić information content (AvgIpc) is 2.31. The molecular formula is C11H12BrClN2O3. The van der Waals surface area contributed by atoms with Gasteiger partial charge in [-0.2, -0.15) is 0 Å². The van der Waals surface area contributed by atoms with Crippen LogP contribution in [0.2, 0.25) is 5.02 Å². The third-order valence-corrected chi connectivity index (χ3v) is 3.61. The molecule has 7 heteroatoms. The molecule has 18 heavy (non-hydrogen) atoms. The SMILES string of the molecule is NC(CCC(=O)O)C(=O)Nc1cccc(Cl)c1Br. The molecule has 0 aliphatic carbocycles. The van der Waals surface area contributed by atoms with Crippen LogP contribution in [0.3, 0.4) is 0 Å². The molecule has 0 aliphatic heterocycles. The lowest BCUT2D eigenvalue weighted by Gasteiger charge is -2.12. The van der Waals surface area contributed by atoms with Gasteiger partial charge in [0.15, 0.2) is 0 Å². The van der Waals surface area contributed by atoms with E-state index in [1.165, 1.54) is 0 Å². The van der Waals surface area contributed by atoms with Gasteiger partial charge in [0.25, 0.3) is 0 Å². The summed E-state index contributed by atoms with van der Waals surface area (Å²) in [6.07, 6.45) is -0.0648. The number of amides is 1. The number of benzene rings is 1. The summed E-state index contributed by atoms with van der Waals surface area (Å²) in [6.45, 7) is 0. The lowest BCUT2D eigenvalue weighted by Crippen LogP contribution is -2.36. The molecule has 1 aromatic rings. The van der Waals surface area contributed by atoms with E-state index in [0.29, 0.717) is 15.2 Å². The minimum absolute atomic E-state index is 0.0827. The van der Waals surface area contributed by atoms with E-state index in [2.05, 4.69) is 21.2 Å². The average molecular weight is 336 g/mol. The molecule has 0 radical (unpaired) electrons. The van der Waals surface area contributed by atoms with Crippen molar-refractivity contribution in [2.45, 2.75) is 18.9 Å². The van der Waals surface area contributed by atoms with Crippen LogP contribution >= 0.6 is 27.5 Å². The Labute approximate surface area is 117 Å². The molecule has 98 valence electrons. The van der Waals surface area contributed by atoms with Gasteiger partial charge in [-0.15, -0.1) is 0 Å². The fourth-order valence-electron chi connectivity index (χ4n) is 1.24. The molecular weight excluding hydrogens is 323 g/mol. The molecule has 0 heterocycles. The fourth-order valence-corrected chi connectivity index (χ4v) is 1.77. The maximum atomic E-state index is 11.7. The van der Waals surface area contributed by atoms with Crippen LogP contribution in [0.1, 0.15) is 12.8 Å². The monoisotopic (exact) mass is 334 g/mol. The Bertz CT molecular complexity index is 468. The second kappa shape index (κ2) is 6.72. The minimum Gasteiger partial charge on any atom is -0.481 e. The van der Waals surface area contributed by atoms with E-state index in [9.17, 15) is 9.59 Å². The Kier molecular flexibility index (Phi) is 5.58. The number of carboxylic acid groups (broad SMARTS) is 1. The Balaban J connectivity index is 2.64. The van der Waals surface area contributed by atoms with Gasteiger partial charge in [0.05, 0.1) is 21.2 Å².